The molecule has 0 spiro atoms. The van der Waals surface area contributed by atoms with Crippen LogP contribution < -0.4 is 4.74 Å². The largest absolute Gasteiger partial charge is 0.493 e. The second-order valence-corrected chi connectivity index (χ2v) is 5.53. The molecule has 2 nitrogen and oxygen atoms in total. The molecule has 3 rings (SSSR count). The highest BCUT2D eigenvalue weighted by atomic mass is 16.5. The number of para-hydroxylation sites is 1. The van der Waals surface area contributed by atoms with Crippen molar-refractivity contribution in [2.45, 2.75) is 32.8 Å². The molecule has 104 valence electrons. The third-order valence-corrected chi connectivity index (χ3v) is 4.11. The van der Waals surface area contributed by atoms with E-state index < -0.39 is 6.10 Å². The molecule has 0 saturated heterocycles. The summed E-state index contributed by atoms with van der Waals surface area (Å²) in [6, 6.07) is 12.2. The van der Waals surface area contributed by atoms with Gasteiger partial charge in [-0.25, -0.2) is 0 Å². The molecule has 0 aliphatic carbocycles. The fourth-order valence-corrected chi connectivity index (χ4v) is 2.74. The number of aryl methyl sites for hydroxylation is 3. The summed E-state index contributed by atoms with van der Waals surface area (Å²) >= 11 is 0. The highest BCUT2D eigenvalue weighted by Gasteiger charge is 2.20. The standard InChI is InChI=1S/C18H20O2/c1-12-8-9-15(11-13(12)2)17(19)16-7-3-5-14-6-4-10-20-18(14)16/h3,5,7-9,11,17,19H,4,6,10H2,1-2H3. The molecule has 1 N–H and O–H groups in total. The Bertz CT molecular complexity index is 631. The van der Waals surface area contributed by atoms with Crippen LogP contribution in [0.5, 0.6) is 5.75 Å². The molecule has 0 saturated carbocycles. The molecule has 1 unspecified atom stereocenters. The van der Waals surface area contributed by atoms with E-state index in [1.165, 1.54) is 16.7 Å². The molecule has 2 aromatic carbocycles. The van der Waals surface area contributed by atoms with E-state index in [2.05, 4.69) is 32.0 Å². The third-order valence-electron chi connectivity index (χ3n) is 4.11. The maximum atomic E-state index is 10.7. The van der Waals surface area contributed by atoms with Crippen molar-refractivity contribution in [2.75, 3.05) is 6.61 Å². The lowest BCUT2D eigenvalue weighted by atomic mass is 9.94. The van der Waals surface area contributed by atoms with Crippen molar-refractivity contribution in [1.29, 1.82) is 0 Å². The molecule has 20 heavy (non-hydrogen) atoms. The molecular formula is C18H20O2. The van der Waals surface area contributed by atoms with Crippen LogP contribution in [0, 0.1) is 13.8 Å². The number of benzene rings is 2. The summed E-state index contributed by atoms with van der Waals surface area (Å²) in [6.07, 6.45) is 1.46. The normalized spacial score (nSPS) is 15.3. The number of rotatable bonds is 2. The topological polar surface area (TPSA) is 29.5 Å². The Balaban J connectivity index is 2.02. The van der Waals surface area contributed by atoms with Crippen LogP contribution in [0.3, 0.4) is 0 Å². The minimum atomic E-state index is -0.623. The van der Waals surface area contributed by atoms with Crippen molar-refractivity contribution in [3.05, 3.63) is 64.2 Å². The van der Waals surface area contributed by atoms with Crippen LogP contribution in [0.4, 0.5) is 0 Å². The van der Waals surface area contributed by atoms with Crippen molar-refractivity contribution in [3.63, 3.8) is 0 Å². The molecule has 0 bridgehead atoms. The van der Waals surface area contributed by atoms with Gasteiger partial charge in [-0.1, -0.05) is 36.4 Å². The summed E-state index contributed by atoms with van der Waals surface area (Å²) in [5.74, 6) is 0.879. The monoisotopic (exact) mass is 268 g/mol. The lowest BCUT2D eigenvalue weighted by Gasteiger charge is -2.23. The van der Waals surface area contributed by atoms with Crippen molar-refractivity contribution < 1.29 is 9.84 Å². The average Bonchev–Trinajstić information content (AvgIpc) is 2.49. The summed E-state index contributed by atoms with van der Waals surface area (Å²) in [5, 5.41) is 10.7. The van der Waals surface area contributed by atoms with Gasteiger partial charge in [0, 0.05) is 5.56 Å². The zero-order valence-electron chi connectivity index (χ0n) is 12.0. The van der Waals surface area contributed by atoms with Crippen LogP contribution in [-0.4, -0.2) is 11.7 Å². The van der Waals surface area contributed by atoms with Crippen LogP contribution >= 0.6 is 0 Å². The van der Waals surface area contributed by atoms with Gasteiger partial charge < -0.3 is 9.84 Å². The van der Waals surface area contributed by atoms with Gasteiger partial charge in [0.25, 0.3) is 0 Å². The first kappa shape index (κ1) is 13.2. The zero-order chi connectivity index (χ0) is 14.1. The van der Waals surface area contributed by atoms with Gasteiger partial charge in [-0.2, -0.15) is 0 Å². The van der Waals surface area contributed by atoms with Gasteiger partial charge >= 0.3 is 0 Å². The third kappa shape index (κ3) is 2.32. The fourth-order valence-electron chi connectivity index (χ4n) is 2.74. The van der Waals surface area contributed by atoms with Crippen LogP contribution in [0.15, 0.2) is 36.4 Å². The average molecular weight is 268 g/mol. The summed E-state index contributed by atoms with van der Waals surface area (Å²) < 4.78 is 5.79. The zero-order valence-corrected chi connectivity index (χ0v) is 12.0. The van der Waals surface area contributed by atoms with Crippen LogP contribution in [-0.2, 0) is 6.42 Å². The summed E-state index contributed by atoms with van der Waals surface area (Å²) in [4.78, 5) is 0. The first-order valence-electron chi connectivity index (χ1n) is 7.16. The molecule has 1 aliphatic heterocycles. The van der Waals surface area contributed by atoms with E-state index in [1.54, 1.807) is 0 Å². The highest BCUT2D eigenvalue weighted by Crippen LogP contribution is 2.35. The van der Waals surface area contributed by atoms with E-state index in [9.17, 15) is 5.11 Å². The first-order valence-corrected chi connectivity index (χ1v) is 7.16. The van der Waals surface area contributed by atoms with E-state index >= 15 is 0 Å². The number of hydrogen-bond donors (Lipinski definition) is 1. The first-order chi connectivity index (χ1) is 9.66. The number of fused-ring (bicyclic) bond motifs is 1. The van der Waals surface area contributed by atoms with Crippen molar-refractivity contribution in [1.82, 2.24) is 0 Å². The fraction of sp³-hybridized carbons (Fsp3) is 0.333. The molecule has 0 fully saturated rings. The Morgan fingerprint density at radius 2 is 1.95 bits per heavy atom. The Kier molecular flexibility index (Phi) is 3.49. The van der Waals surface area contributed by atoms with Crippen LogP contribution in [0.2, 0.25) is 0 Å². The van der Waals surface area contributed by atoms with Crippen LogP contribution in [0.25, 0.3) is 0 Å². The van der Waals surface area contributed by atoms with Crippen molar-refractivity contribution >= 4 is 0 Å². The van der Waals surface area contributed by atoms with Gasteiger partial charge in [0.05, 0.1) is 6.61 Å². The minimum absolute atomic E-state index is 0.623. The number of aliphatic hydroxyl groups excluding tert-OH is 1. The summed E-state index contributed by atoms with van der Waals surface area (Å²) in [7, 11) is 0. The van der Waals surface area contributed by atoms with Gasteiger partial charge in [-0.3, -0.25) is 0 Å². The van der Waals surface area contributed by atoms with Crippen molar-refractivity contribution in [2.24, 2.45) is 0 Å². The van der Waals surface area contributed by atoms with Crippen LogP contribution in [0.1, 0.15) is 40.3 Å². The van der Waals surface area contributed by atoms with Gasteiger partial charge in [-0.05, 0) is 48.9 Å². The quantitative estimate of drug-likeness (QED) is 0.899. The Hall–Kier alpha value is -1.80. The van der Waals surface area contributed by atoms with E-state index in [1.807, 2.05) is 18.2 Å². The van der Waals surface area contributed by atoms with Gasteiger partial charge in [-0.15, -0.1) is 0 Å². The summed E-state index contributed by atoms with van der Waals surface area (Å²) in [5.41, 5.74) is 5.46. The lowest BCUT2D eigenvalue weighted by molar-refractivity contribution is 0.206. The van der Waals surface area contributed by atoms with Crippen molar-refractivity contribution in [3.8, 4) is 5.75 Å². The number of aliphatic hydroxyl groups is 1. The molecule has 0 radical (unpaired) electrons. The summed E-state index contributed by atoms with van der Waals surface area (Å²) in [6.45, 7) is 4.89. The molecule has 2 aromatic rings. The smallest absolute Gasteiger partial charge is 0.128 e. The molecular weight excluding hydrogens is 248 g/mol. The number of ether oxygens (including phenoxy) is 1. The van der Waals surface area contributed by atoms with E-state index in [-0.39, 0.29) is 0 Å². The highest BCUT2D eigenvalue weighted by molar-refractivity contribution is 5.47. The second kappa shape index (κ2) is 5.29. The molecule has 2 heteroatoms. The maximum Gasteiger partial charge on any atom is 0.128 e. The molecule has 0 amide bonds. The second-order valence-electron chi connectivity index (χ2n) is 5.53. The molecule has 1 heterocycles. The Morgan fingerprint density at radius 1 is 1.10 bits per heavy atom. The van der Waals surface area contributed by atoms with Gasteiger partial charge in [0.15, 0.2) is 0 Å². The number of hydrogen-bond acceptors (Lipinski definition) is 2. The van der Waals surface area contributed by atoms with E-state index in [4.69, 9.17) is 4.74 Å². The maximum absolute atomic E-state index is 10.7. The van der Waals surface area contributed by atoms with E-state index in [0.717, 1.165) is 36.3 Å². The predicted molar refractivity (Wildman–Crippen MR) is 80.2 cm³/mol. The van der Waals surface area contributed by atoms with E-state index in [0.29, 0.717) is 0 Å². The van der Waals surface area contributed by atoms with Gasteiger partial charge in [0.1, 0.15) is 11.9 Å². The molecule has 0 aromatic heterocycles. The SMILES string of the molecule is Cc1ccc(C(O)c2cccc3c2OCCC3)cc1C. The van der Waals surface area contributed by atoms with Gasteiger partial charge in [0.2, 0.25) is 0 Å². The predicted octanol–water partition coefficient (Wildman–Crippen LogP) is 3.71. The molecule has 1 atom stereocenters. The Morgan fingerprint density at radius 3 is 2.75 bits per heavy atom. The molecule has 1 aliphatic rings. The minimum Gasteiger partial charge on any atom is -0.493 e. The Labute approximate surface area is 120 Å². The lowest BCUT2D eigenvalue weighted by Crippen LogP contribution is -2.12.